The number of nitrogens with one attached hydrogen (secondary N) is 3. The largest absolute Gasteiger partial charge is 0.368 e. The fourth-order valence-corrected chi connectivity index (χ4v) is 7.84. The zero-order valence-corrected chi connectivity index (χ0v) is 29.9. The number of hydrogen-bond donors (Lipinski definition) is 3. The molecule has 0 unspecified atom stereocenters. The molecule has 16 nitrogen and oxygen atoms in total. The van der Waals surface area contributed by atoms with Gasteiger partial charge in [0.15, 0.2) is 17.0 Å². The Balaban J connectivity index is 0.801. The first-order valence-electron chi connectivity index (χ1n) is 18.3. The third kappa shape index (κ3) is 6.28. The maximum absolute atomic E-state index is 13.3. The molecule has 5 amide bonds. The summed E-state index contributed by atoms with van der Waals surface area (Å²) >= 11 is 0. The van der Waals surface area contributed by atoms with Crippen molar-refractivity contribution in [3.8, 4) is 0 Å². The highest BCUT2D eigenvalue weighted by Crippen LogP contribution is 2.36. The van der Waals surface area contributed by atoms with E-state index < -0.39 is 29.7 Å². The van der Waals surface area contributed by atoms with Crippen LogP contribution in [0.5, 0.6) is 0 Å². The molecule has 16 heteroatoms. The van der Waals surface area contributed by atoms with Crippen molar-refractivity contribution in [2.75, 3.05) is 41.3 Å². The van der Waals surface area contributed by atoms with Crippen molar-refractivity contribution in [2.24, 2.45) is 0 Å². The Morgan fingerprint density at radius 1 is 0.836 bits per heavy atom. The second-order valence-electron chi connectivity index (χ2n) is 14.3. The summed E-state index contributed by atoms with van der Waals surface area (Å²) in [7, 11) is 0. The number of anilines is 4. The summed E-state index contributed by atoms with van der Waals surface area (Å²) in [6.07, 6.45) is 5.05. The Morgan fingerprint density at radius 2 is 1.56 bits per heavy atom. The van der Waals surface area contributed by atoms with Gasteiger partial charge < -0.3 is 25.0 Å². The summed E-state index contributed by atoms with van der Waals surface area (Å²) in [4.78, 5) is 86.6. The maximum Gasteiger partial charge on any atom is 0.270 e. The van der Waals surface area contributed by atoms with Crippen LogP contribution in [0, 0.1) is 6.92 Å². The number of hydrogen-bond acceptors (Lipinski definition) is 12. The minimum Gasteiger partial charge on any atom is -0.368 e. The molecule has 55 heavy (non-hydrogen) atoms. The number of nitrogens with zero attached hydrogens (tertiary/aromatic N) is 8. The van der Waals surface area contributed by atoms with Gasteiger partial charge in [0.2, 0.25) is 11.8 Å². The number of piperazine rings is 1. The number of benzene rings is 2. The smallest absolute Gasteiger partial charge is 0.270 e. The molecule has 4 aliphatic rings. The number of carbonyl (C=O) groups excluding carboxylic acids is 5. The van der Waals surface area contributed by atoms with Gasteiger partial charge in [0, 0.05) is 67.4 Å². The standard InChI is InChI=1S/C39H37N11O5/c1-22-3-2-4-30(43-22)36(52)45-24-17-27(18-24)49-21-42-33-34(40-20-41-35(33)49)44-23-5-7-25(8-6-23)47-13-15-48(16-14-47)26-9-10-28-29(19-26)39(55)50(38(28)54)31-11-12-32(51)46-37(31)53/h2-10,19-21,24,27,31H,11-18H2,1H3,(H,45,52)(H,40,41,44)(H,46,51,53)/t24?,27?,31-/m0/s1. The van der Waals surface area contributed by atoms with Gasteiger partial charge >= 0.3 is 0 Å². The third-order valence-electron chi connectivity index (χ3n) is 10.9. The van der Waals surface area contributed by atoms with Crippen LogP contribution in [0.3, 0.4) is 0 Å². The average Bonchev–Trinajstić information content (AvgIpc) is 3.71. The lowest BCUT2D eigenvalue weighted by atomic mass is 9.86. The van der Waals surface area contributed by atoms with Gasteiger partial charge in [-0.05, 0) is 80.8 Å². The van der Waals surface area contributed by atoms with Crippen LogP contribution >= 0.6 is 0 Å². The van der Waals surface area contributed by atoms with Gasteiger partial charge in [-0.15, -0.1) is 0 Å². The van der Waals surface area contributed by atoms with E-state index in [4.69, 9.17) is 0 Å². The van der Waals surface area contributed by atoms with Crippen molar-refractivity contribution < 1.29 is 24.0 Å². The number of imidazole rings is 1. The minimum absolute atomic E-state index is 0.0507. The molecule has 9 rings (SSSR count). The predicted molar refractivity (Wildman–Crippen MR) is 201 cm³/mol. The zero-order valence-electron chi connectivity index (χ0n) is 29.9. The summed E-state index contributed by atoms with van der Waals surface area (Å²) in [6, 6.07) is 18.0. The van der Waals surface area contributed by atoms with E-state index in [2.05, 4.69) is 62.4 Å². The monoisotopic (exact) mass is 739 g/mol. The molecule has 3 aromatic heterocycles. The number of piperidine rings is 1. The first kappa shape index (κ1) is 34.1. The molecule has 2 saturated heterocycles. The second kappa shape index (κ2) is 13.6. The second-order valence-corrected chi connectivity index (χ2v) is 14.3. The Bertz CT molecular complexity index is 2380. The molecule has 2 aromatic carbocycles. The molecule has 6 heterocycles. The molecule has 278 valence electrons. The van der Waals surface area contributed by atoms with Crippen molar-refractivity contribution in [3.63, 3.8) is 0 Å². The number of aryl methyl sites for hydroxylation is 1. The number of fused-ring (bicyclic) bond motifs is 2. The Labute approximate surface area is 314 Å². The first-order chi connectivity index (χ1) is 26.7. The van der Waals surface area contributed by atoms with Crippen molar-refractivity contribution in [3.05, 3.63) is 95.8 Å². The van der Waals surface area contributed by atoms with Crippen LogP contribution in [-0.4, -0.2) is 97.2 Å². The van der Waals surface area contributed by atoms with Crippen molar-refractivity contribution in [1.82, 2.24) is 40.0 Å². The van der Waals surface area contributed by atoms with Crippen LogP contribution in [0.2, 0.25) is 0 Å². The van der Waals surface area contributed by atoms with E-state index >= 15 is 0 Å². The van der Waals surface area contributed by atoms with E-state index in [0.717, 1.165) is 59.2 Å². The lowest BCUT2D eigenvalue weighted by Gasteiger charge is -2.37. The van der Waals surface area contributed by atoms with Gasteiger partial charge in [-0.2, -0.15) is 0 Å². The molecule has 3 N–H and O–H groups in total. The quantitative estimate of drug-likeness (QED) is 0.198. The highest BCUT2D eigenvalue weighted by Gasteiger charge is 2.45. The first-order valence-corrected chi connectivity index (χ1v) is 18.3. The molecule has 3 fully saturated rings. The lowest BCUT2D eigenvalue weighted by Crippen LogP contribution is -2.54. The molecule has 1 aliphatic carbocycles. The minimum atomic E-state index is -0.990. The Morgan fingerprint density at radius 3 is 2.31 bits per heavy atom. The predicted octanol–water partition coefficient (Wildman–Crippen LogP) is 3.13. The van der Waals surface area contributed by atoms with Crippen LogP contribution in [-0.2, 0) is 9.59 Å². The molecular weight excluding hydrogens is 703 g/mol. The fraction of sp³-hybridized carbons (Fsp3) is 0.308. The van der Waals surface area contributed by atoms with Gasteiger partial charge in [-0.25, -0.2) is 19.9 Å². The van der Waals surface area contributed by atoms with Gasteiger partial charge in [0.1, 0.15) is 18.1 Å². The Hall–Kier alpha value is -6.71. The van der Waals surface area contributed by atoms with Gasteiger partial charge in [-0.3, -0.25) is 34.2 Å². The van der Waals surface area contributed by atoms with Crippen LogP contribution in [0.4, 0.5) is 22.9 Å². The number of amides is 5. The van der Waals surface area contributed by atoms with E-state index in [1.165, 1.54) is 6.33 Å². The number of carbonyl (C=O) groups is 5. The highest BCUT2D eigenvalue weighted by atomic mass is 16.2. The number of pyridine rings is 1. The molecule has 1 atom stereocenters. The van der Waals surface area contributed by atoms with Crippen LogP contribution in [0.15, 0.2) is 73.3 Å². The SMILES string of the molecule is Cc1cccc(C(=O)NC2CC(n3cnc4c(Nc5ccc(N6CCN(c7ccc8c(c7)C(=O)N([C@H]7CCC(=O)NC7=O)C8=O)CC6)cc5)ncnc43)C2)n1. The van der Waals surface area contributed by atoms with Gasteiger partial charge in [-0.1, -0.05) is 6.07 Å². The van der Waals surface area contributed by atoms with Crippen molar-refractivity contribution in [1.29, 1.82) is 0 Å². The summed E-state index contributed by atoms with van der Waals surface area (Å²) in [5.74, 6) is -1.60. The van der Waals surface area contributed by atoms with Gasteiger partial charge in [0.05, 0.1) is 17.5 Å². The number of aromatic nitrogens is 5. The zero-order chi connectivity index (χ0) is 37.8. The van der Waals surface area contributed by atoms with E-state index in [1.807, 2.05) is 37.3 Å². The topological polar surface area (TPSA) is 188 Å². The highest BCUT2D eigenvalue weighted by molar-refractivity contribution is 6.23. The molecular formula is C39H37N11O5. The maximum atomic E-state index is 13.3. The summed E-state index contributed by atoms with van der Waals surface area (Å²) in [6.45, 7) is 4.77. The normalized spacial score (nSPS) is 21.0. The molecule has 0 spiro atoms. The molecule has 0 radical (unpaired) electrons. The average molecular weight is 740 g/mol. The van der Waals surface area contributed by atoms with E-state index in [-0.39, 0.29) is 42.0 Å². The van der Waals surface area contributed by atoms with Gasteiger partial charge in [0.25, 0.3) is 17.7 Å². The number of imide groups is 2. The van der Waals surface area contributed by atoms with E-state index in [0.29, 0.717) is 30.1 Å². The molecule has 5 aromatic rings. The molecule has 3 aliphatic heterocycles. The van der Waals surface area contributed by atoms with E-state index in [1.54, 1.807) is 24.5 Å². The Kier molecular flexibility index (Phi) is 8.43. The lowest BCUT2D eigenvalue weighted by molar-refractivity contribution is -0.136. The van der Waals surface area contributed by atoms with Crippen molar-refractivity contribution in [2.45, 2.75) is 50.7 Å². The summed E-state index contributed by atoms with van der Waals surface area (Å²) < 4.78 is 2.05. The van der Waals surface area contributed by atoms with Crippen molar-refractivity contribution >= 4 is 63.6 Å². The van der Waals surface area contributed by atoms with E-state index in [9.17, 15) is 24.0 Å². The number of rotatable bonds is 8. The van der Waals surface area contributed by atoms with Crippen LogP contribution in [0.1, 0.15) is 68.6 Å². The molecule has 1 saturated carbocycles. The molecule has 0 bridgehead atoms. The third-order valence-corrected chi connectivity index (χ3v) is 10.9. The fourth-order valence-electron chi connectivity index (χ4n) is 7.84. The summed E-state index contributed by atoms with van der Waals surface area (Å²) in [5.41, 5.74) is 5.94. The van der Waals surface area contributed by atoms with Crippen LogP contribution < -0.4 is 25.8 Å². The van der Waals surface area contributed by atoms with Crippen LogP contribution in [0.25, 0.3) is 11.2 Å². The summed E-state index contributed by atoms with van der Waals surface area (Å²) in [5, 5.41) is 8.71.